The predicted molar refractivity (Wildman–Crippen MR) is 36.8 cm³/mol. The van der Waals surface area contributed by atoms with Gasteiger partial charge in [-0.1, -0.05) is 5.57 Å². The first-order valence-electron chi connectivity index (χ1n) is 3.19. The van der Waals surface area contributed by atoms with Crippen molar-refractivity contribution >= 4 is 0 Å². The summed E-state index contributed by atoms with van der Waals surface area (Å²) in [6, 6.07) is 0. The highest BCUT2D eigenvalue weighted by Crippen LogP contribution is 1.96. The van der Waals surface area contributed by atoms with E-state index in [4.69, 9.17) is 0 Å². The van der Waals surface area contributed by atoms with Gasteiger partial charge in [-0.2, -0.15) is 0 Å². The molecule has 0 aliphatic carbocycles. The molecule has 0 fully saturated rings. The van der Waals surface area contributed by atoms with Gasteiger partial charge in [-0.3, -0.25) is 0 Å². The first-order chi connectivity index (χ1) is 3.77. The van der Waals surface area contributed by atoms with E-state index in [-0.39, 0.29) is 0 Å². The number of quaternary nitrogens is 1. The molecule has 0 spiro atoms. The molecule has 0 aromatic carbocycles. The molecule has 0 aliphatic rings. The number of hydrogen-bond donors (Lipinski definition) is 1. The fourth-order valence-electron chi connectivity index (χ4n) is 0.608. The maximum absolute atomic E-state index is 3.81. The molecule has 8 heavy (non-hydrogen) atoms. The average molecular weight is 114 g/mol. The molecule has 0 amide bonds. The van der Waals surface area contributed by atoms with Crippen LogP contribution in [0, 0.1) is 0 Å². The SMILES string of the molecule is C=C(C)CCC[NH2+]C. The van der Waals surface area contributed by atoms with Crippen LogP contribution in [-0.2, 0) is 0 Å². The molecule has 0 atom stereocenters. The molecule has 0 aliphatic heterocycles. The molecule has 48 valence electrons. The van der Waals surface area contributed by atoms with Crippen LogP contribution in [0.3, 0.4) is 0 Å². The smallest absolute Gasteiger partial charge is 0.0756 e. The molecule has 0 unspecified atom stereocenters. The largest absolute Gasteiger partial charge is 0.349 e. The van der Waals surface area contributed by atoms with Crippen LogP contribution in [0.2, 0.25) is 0 Å². The molecule has 0 saturated carbocycles. The minimum Gasteiger partial charge on any atom is -0.349 e. The first kappa shape index (κ1) is 7.70. The molecule has 0 aromatic rings. The lowest BCUT2D eigenvalue weighted by Crippen LogP contribution is -2.79. The summed E-state index contributed by atoms with van der Waals surface area (Å²) in [6.07, 6.45) is 2.45. The Hall–Kier alpha value is -0.300. The van der Waals surface area contributed by atoms with Crippen LogP contribution in [0.4, 0.5) is 0 Å². The monoisotopic (exact) mass is 114 g/mol. The number of nitrogens with two attached hydrogens (primary N) is 1. The van der Waals surface area contributed by atoms with Crippen molar-refractivity contribution in [3.63, 3.8) is 0 Å². The van der Waals surface area contributed by atoms with Crippen LogP contribution >= 0.6 is 0 Å². The molecule has 0 saturated heterocycles. The van der Waals surface area contributed by atoms with Gasteiger partial charge in [0.15, 0.2) is 0 Å². The highest BCUT2D eigenvalue weighted by atomic mass is 14.8. The van der Waals surface area contributed by atoms with Gasteiger partial charge < -0.3 is 5.32 Å². The van der Waals surface area contributed by atoms with E-state index in [0.717, 1.165) is 0 Å². The highest BCUT2D eigenvalue weighted by molar-refractivity contribution is 4.86. The Balaban J connectivity index is 2.82. The summed E-state index contributed by atoms with van der Waals surface area (Å²) in [4.78, 5) is 0. The van der Waals surface area contributed by atoms with Crippen molar-refractivity contribution < 1.29 is 5.32 Å². The van der Waals surface area contributed by atoms with Crippen molar-refractivity contribution in [2.45, 2.75) is 19.8 Å². The number of allylic oxidation sites excluding steroid dienone is 1. The lowest BCUT2D eigenvalue weighted by Gasteiger charge is -1.94. The molecule has 0 rings (SSSR count). The lowest BCUT2D eigenvalue weighted by molar-refractivity contribution is -0.627. The zero-order valence-electron chi connectivity index (χ0n) is 5.91. The predicted octanol–water partition coefficient (Wildman–Crippen LogP) is 0.536. The molecular formula is C7H16N+. The van der Waals surface area contributed by atoms with Crippen LogP contribution in [0.15, 0.2) is 12.2 Å². The van der Waals surface area contributed by atoms with Gasteiger partial charge in [0.1, 0.15) is 0 Å². The molecule has 2 N–H and O–H groups in total. The summed E-state index contributed by atoms with van der Waals surface area (Å²) >= 11 is 0. The molecule has 0 bridgehead atoms. The minimum absolute atomic E-state index is 1.18. The van der Waals surface area contributed by atoms with Crippen molar-refractivity contribution in [1.82, 2.24) is 0 Å². The molecule has 1 nitrogen and oxygen atoms in total. The Bertz CT molecular complexity index is 66.8. The van der Waals surface area contributed by atoms with Crippen molar-refractivity contribution in [3.8, 4) is 0 Å². The second kappa shape index (κ2) is 4.85. The number of hydrogen-bond acceptors (Lipinski definition) is 0. The van der Waals surface area contributed by atoms with Crippen LogP contribution in [0.25, 0.3) is 0 Å². The third kappa shape index (κ3) is 5.70. The van der Waals surface area contributed by atoms with Crippen LogP contribution in [-0.4, -0.2) is 13.6 Å². The zero-order valence-corrected chi connectivity index (χ0v) is 5.91. The van der Waals surface area contributed by atoms with E-state index in [1.807, 2.05) is 0 Å². The molecule has 0 radical (unpaired) electrons. The lowest BCUT2D eigenvalue weighted by atomic mass is 10.2. The summed E-state index contributed by atoms with van der Waals surface area (Å²) in [6.45, 7) is 7.12. The van der Waals surface area contributed by atoms with Gasteiger partial charge in [-0.05, 0) is 13.3 Å². The van der Waals surface area contributed by atoms with Gasteiger partial charge in [-0.15, -0.1) is 6.58 Å². The van der Waals surface area contributed by atoms with Crippen LogP contribution in [0.1, 0.15) is 19.8 Å². The minimum atomic E-state index is 1.18. The summed E-state index contributed by atoms with van der Waals surface area (Å²) in [7, 11) is 2.10. The Kier molecular flexibility index (Phi) is 4.67. The topological polar surface area (TPSA) is 16.6 Å². The number of rotatable bonds is 4. The normalized spacial score (nSPS) is 9.25. The summed E-state index contributed by atoms with van der Waals surface area (Å²) in [5, 5.41) is 2.20. The van der Waals surface area contributed by atoms with Gasteiger partial charge in [0.05, 0.1) is 13.6 Å². The van der Waals surface area contributed by atoms with E-state index < -0.39 is 0 Å². The summed E-state index contributed by atoms with van der Waals surface area (Å²) in [5.41, 5.74) is 1.30. The van der Waals surface area contributed by atoms with Gasteiger partial charge >= 0.3 is 0 Å². The highest BCUT2D eigenvalue weighted by Gasteiger charge is 1.85. The van der Waals surface area contributed by atoms with E-state index in [0.29, 0.717) is 0 Å². The van der Waals surface area contributed by atoms with Gasteiger partial charge in [0.25, 0.3) is 0 Å². The molecule has 0 aromatic heterocycles. The van der Waals surface area contributed by atoms with Gasteiger partial charge in [-0.25, -0.2) is 0 Å². The van der Waals surface area contributed by atoms with Crippen LogP contribution in [0.5, 0.6) is 0 Å². The third-order valence-electron chi connectivity index (χ3n) is 1.10. The summed E-state index contributed by atoms with van der Waals surface area (Å²) < 4.78 is 0. The van der Waals surface area contributed by atoms with Crippen LogP contribution < -0.4 is 5.32 Å². The fourth-order valence-corrected chi connectivity index (χ4v) is 0.608. The Morgan fingerprint density at radius 2 is 2.25 bits per heavy atom. The van der Waals surface area contributed by atoms with E-state index in [2.05, 4.69) is 25.9 Å². The zero-order chi connectivity index (χ0) is 6.41. The van der Waals surface area contributed by atoms with Gasteiger partial charge in [0.2, 0.25) is 0 Å². The second-order valence-corrected chi connectivity index (χ2v) is 2.26. The summed E-state index contributed by atoms with van der Waals surface area (Å²) in [5.74, 6) is 0. The maximum atomic E-state index is 3.81. The standard InChI is InChI=1S/C7H15N/c1-7(2)5-4-6-8-3/h8H,1,4-6H2,2-3H3/p+1. The molecular weight excluding hydrogens is 98.1 g/mol. The third-order valence-corrected chi connectivity index (χ3v) is 1.10. The van der Waals surface area contributed by atoms with E-state index in [1.165, 1.54) is 25.0 Å². The Morgan fingerprint density at radius 3 is 2.62 bits per heavy atom. The van der Waals surface area contributed by atoms with Gasteiger partial charge in [0, 0.05) is 6.42 Å². The Morgan fingerprint density at radius 1 is 1.62 bits per heavy atom. The first-order valence-corrected chi connectivity index (χ1v) is 3.19. The fraction of sp³-hybridized carbons (Fsp3) is 0.714. The van der Waals surface area contributed by atoms with Crippen molar-refractivity contribution in [3.05, 3.63) is 12.2 Å². The van der Waals surface area contributed by atoms with Crippen molar-refractivity contribution in [2.24, 2.45) is 0 Å². The van der Waals surface area contributed by atoms with Crippen molar-refractivity contribution in [2.75, 3.05) is 13.6 Å². The quantitative estimate of drug-likeness (QED) is 0.406. The molecule has 0 heterocycles. The van der Waals surface area contributed by atoms with E-state index >= 15 is 0 Å². The maximum Gasteiger partial charge on any atom is 0.0756 e. The second-order valence-electron chi connectivity index (χ2n) is 2.26. The molecule has 1 heteroatoms. The Labute approximate surface area is 51.8 Å². The average Bonchev–Trinajstić information content (AvgIpc) is 1.66. The van der Waals surface area contributed by atoms with Crippen molar-refractivity contribution in [1.29, 1.82) is 0 Å². The van der Waals surface area contributed by atoms with E-state index in [9.17, 15) is 0 Å². The van der Waals surface area contributed by atoms with E-state index in [1.54, 1.807) is 0 Å².